The van der Waals surface area contributed by atoms with E-state index in [1.54, 1.807) is 11.8 Å². The topological polar surface area (TPSA) is 78.4 Å². The van der Waals surface area contributed by atoms with E-state index in [4.69, 9.17) is 0 Å². The molecule has 3 N–H and O–H groups in total. The van der Waals surface area contributed by atoms with E-state index in [2.05, 4.69) is 10.6 Å². The SMILES string of the molecule is CC1(C)NC(C(=O)N[C@@H](Cc2ccccc2)C(=O)O)C(C)(C)S1. The molecule has 0 aliphatic carbocycles. The molecule has 1 heterocycles. The first kappa shape index (κ1) is 17.8. The molecule has 0 aromatic heterocycles. The van der Waals surface area contributed by atoms with E-state index in [0.717, 1.165) is 5.56 Å². The molecule has 0 radical (unpaired) electrons. The van der Waals surface area contributed by atoms with Gasteiger partial charge in [-0.2, -0.15) is 0 Å². The molecular weight excluding hydrogens is 312 g/mol. The molecule has 1 saturated heterocycles. The third-order valence-electron chi connectivity index (χ3n) is 3.86. The van der Waals surface area contributed by atoms with E-state index in [1.807, 2.05) is 58.0 Å². The number of carboxylic acid groups (broad SMARTS) is 1. The van der Waals surface area contributed by atoms with Crippen LogP contribution in [-0.4, -0.2) is 38.7 Å². The van der Waals surface area contributed by atoms with Crippen LogP contribution in [0.2, 0.25) is 0 Å². The Labute approximate surface area is 141 Å². The van der Waals surface area contributed by atoms with Crippen molar-refractivity contribution in [2.24, 2.45) is 0 Å². The highest BCUT2D eigenvalue weighted by Gasteiger charge is 2.49. The number of amides is 1. The number of thioether (sulfide) groups is 1. The summed E-state index contributed by atoms with van der Waals surface area (Å²) in [6, 6.07) is 7.95. The fourth-order valence-electron chi connectivity index (χ4n) is 2.95. The number of carboxylic acids is 1. The van der Waals surface area contributed by atoms with Crippen molar-refractivity contribution in [3.05, 3.63) is 35.9 Å². The Kier molecular flexibility index (Phi) is 5.06. The summed E-state index contributed by atoms with van der Waals surface area (Å²) >= 11 is 1.68. The van der Waals surface area contributed by atoms with Crippen LogP contribution in [0.15, 0.2) is 30.3 Å². The number of carbonyl (C=O) groups is 2. The fraction of sp³-hybridized carbons (Fsp3) is 0.529. The monoisotopic (exact) mass is 336 g/mol. The zero-order valence-electron chi connectivity index (χ0n) is 13.9. The normalized spacial score (nSPS) is 23.2. The standard InChI is InChI=1S/C17H24N2O3S/c1-16(2)13(19-17(3,4)23-16)14(20)18-12(15(21)22)10-11-8-6-5-7-9-11/h5-9,12-13,19H,10H2,1-4H3,(H,18,20)(H,21,22)/t12-,13?/m0/s1. The number of benzene rings is 1. The van der Waals surface area contributed by atoms with E-state index in [-0.39, 0.29) is 21.9 Å². The number of carbonyl (C=O) groups excluding carboxylic acids is 1. The fourth-order valence-corrected chi connectivity index (χ4v) is 4.73. The minimum Gasteiger partial charge on any atom is -0.480 e. The van der Waals surface area contributed by atoms with Crippen LogP contribution >= 0.6 is 11.8 Å². The van der Waals surface area contributed by atoms with E-state index in [1.165, 1.54) is 0 Å². The van der Waals surface area contributed by atoms with Gasteiger partial charge >= 0.3 is 5.97 Å². The molecule has 23 heavy (non-hydrogen) atoms. The summed E-state index contributed by atoms with van der Waals surface area (Å²) in [7, 11) is 0. The summed E-state index contributed by atoms with van der Waals surface area (Å²) in [4.78, 5) is 23.9. The maximum atomic E-state index is 12.6. The molecule has 1 aliphatic rings. The van der Waals surface area contributed by atoms with Gasteiger partial charge in [0.2, 0.25) is 5.91 Å². The molecule has 0 saturated carbocycles. The van der Waals surface area contributed by atoms with Crippen molar-refractivity contribution < 1.29 is 14.7 Å². The van der Waals surface area contributed by atoms with Crippen molar-refractivity contribution >= 4 is 23.6 Å². The van der Waals surface area contributed by atoms with E-state index in [0.29, 0.717) is 0 Å². The van der Waals surface area contributed by atoms with Crippen molar-refractivity contribution in [1.29, 1.82) is 0 Å². The second-order valence-electron chi connectivity index (χ2n) is 6.88. The maximum Gasteiger partial charge on any atom is 0.326 e. The van der Waals surface area contributed by atoms with Gasteiger partial charge in [-0.1, -0.05) is 30.3 Å². The Hall–Kier alpha value is -1.53. The second-order valence-corrected chi connectivity index (χ2v) is 9.16. The lowest BCUT2D eigenvalue weighted by atomic mass is 10.0. The quantitative estimate of drug-likeness (QED) is 0.767. The molecule has 1 aromatic carbocycles. The smallest absolute Gasteiger partial charge is 0.326 e. The highest BCUT2D eigenvalue weighted by Crippen LogP contribution is 2.44. The Balaban J connectivity index is 2.08. The zero-order valence-corrected chi connectivity index (χ0v) is 14.7. The molecule has 1 fully saturated rings. The third-order valence-corrected chi connectivity index (χ3v) is 5.25. The molecule has 126 valence electrons. The van der Waals surface area contributed by atoms with Gasteiger partial charge in [0.05, 0.1) is 4.87 Å². The molecule has 1 amide bonds. The van der Waals surface area contributed by atoms with Crippen LogP contribution in [0.25, 0.3) is 0 Å². The number of nitrogens with one attached hydrogen (secondary N) is 2. The molecule has 1 aliphatic heterocycles. The van der Waals surface area contributed by atoms with Crippen LogP contribution in [0.3, 0.4) is 0 Å². The molecule has 1 aromatic rings. The predicted molar refractivity (Wildman–Crippen MR) is 92.4 cm³/mol. The number of rotatable bonds is 5. The van der Waals surface area contributed by atoms with Crippen molar-refractivity contribution in [2.45, 2.75) is 55.8 Å². The molecule has 2 rings (SSSR count). The summed E-state index contributed by atoms with van der Waals surface area (Å²) < 4.78 is -0.302. The number of hydrogen-bond acceptors (Lipinski definition) is 4. The molecule has 2 atom stereocenters. The van der Waals surface area contributed by atoms with Crippen LogP contribution in [-0.2, 0) is 16.0 Å². The number of aliphatic carboxylic acids is 1. The Morgan fingerprint density at radius 3 is 2.35 bits per heavy atom. The lowest BCUT2D eigenvalue weighted by Gasteiger charge is -2.26. The van der Waals surface area contributed by atoms with E-state index >= 15 is 0 Å². The third kappa shape index (κ3) is 4.48. The van der Waals surface area contributed by atoms with Gasteiger partial charge in [-0.15, -0.1) is 11.8 Å². The summed E-state index contributed by atoms with van der Waals surface area (Å²) in [6.45, 7) is 8.03. The summed E-state index contributed by atoms with van der Waals surface area (Å²) in [5, 5.41) is 15.4. The molecule has 0 spiro atoms. The van der Waals surface area contributed by atoms with Crippen LogP contribution in [0.4, 0.5) is 0 Å². The van der Waals surface area contributed by atoms with E-state index in [9.17, 15) is 14.7 Å². The minimum atomic E-state index is -1.02. The molecule has 5 nitrogen and oxygen atoms in total. The van der Waals surface area contributed by atoms with Gasteiger partial charge in [0.15, 0.2) is 0 Å². The van der Waals surface area contributed by atoms with Gasteiger partial charge in [-0.05, 0) is 33.3 Å². The van der Waals surface area contributed by atoms with Crippen molar-refractivity contribution in [3.8, 4) is 0 Å². The second kappa shape index (κ2) is 6.53. The van der Waals surface area contributed by atoms with Crippen molar-refractivity contribution in [1.82, 2.24) is 10.6 Å². The molecule has 1 unspecified atom stereocenters. The first-order chi connectivity index (χ1) is 10.6. The van der Waals surface area contributed by atoms with Gasteiger partial charge in [-0.3, -0.25) is 10.1 Å². The average Bonchev–Trinajstić information content (AvgIpc) is 2.67. The summed E-state index contributed by atoms with van der Waals surface area (Å²) in [5.41, 5.74) is 0.883. The van der Waals surface area contributed by atoms with Crippen LogP contribution in [0.1, 0.15) is 33.3 Å². The lowest BCUT2D eigenvalue weighted by molar-refractivity contribution is -0.142. The summed E-state index contributed by atoms with van der Waals surface area (Å²) in [5.74, 6) is -1.29. The molecule has 6 heteroatoms. The highest BCUT2D eigenvalue weighted by molar-refractivity contribution is 8.02. The summed E-state index contributed by atoms with van der Waals surface area (Å²) in [6.07, 6.45) is 0.269. The zero-order chi connectivity index (χ0) is 17.3. The Morgan fingerprint density at radius 1 is 1.26 bits per heavy atom. The molecule has 0 bridgehead atoms. The molecular formula is C17H24N2O3S. The van der Waals surface area contributed by atoms with Crippen LogP contribution < -0.4 is 10.6 Å². The van der Waals surface area contributed by atoms with Gasteiger partial charge in [0.1, 0.15) is 12.1 Å². The minimum absolute atomic E-state index is 0.219. The van der Waals surface area contributed by atoms with E-state index < -0.39 is 18.1 Å². The van der Waals surface area contributed by atoms with Gasteiger partial charge in [0.25, 0.3) is 0 Å². The maximum absolute atomic E-state index is 12.6. The highest BCUT2D eigenvalue weighted by atomic mass is 32.2. The Bertz CT molecular complexity index is 587. The van der Waals surface area contributed by atoms with Crippen molar-refractivity contribution in [3.63, 3.8) is 0 Å². The van der Waals surface area contributed by atoms with Crippen LogP contribution in [0.5, 0.6) is 0 Å². The van der Waals surface area contributed by atoms with Gasteiger partial charge in [0, 0.05) is 11.2 Å². The Morgan fingerprint density at radius 2 is 1.87 bits per heavy atom. The first-order valence-corrected chi connectivity index (χ1v) is 8.47. The van der Waals surface area contributed by atoms with Gasteiger partial charge < -0.3 is 10.4 Å². The van der Waals surface area contributed by atoms with Gasteiger partial charge in [-0.25, -0.2) is 4.79 Å². The average molecular weight is 336 g/mol. The lowest BCUT2D eigenvalue weighted by Crippen LogP contribution is -2.55. The number of hydrogen-bond donors (Lipinski definition) is 3. The first-order valence-electron chi connectivity index (χ1n) is 7.66. The predicted octanol–water partition coefficient (Wildman–Crippen LogP) is 2.02. The van der Waals surface area contributed by atoms with Crippen LogP contribution in [0, 0.1) is 0 Å². The van der Waals surface area contributed by atoms with Crippen molar-refractivity contribution in [2.75, 3.05) is 0 Å². The largest absolute Gasteiger partial charge is 0.480 e.